The average Bonchev–Trinajstić information content (AvgIpc) is 2.74. The number of ether oxygens (including phenoxy) is 2. The number of hydrogen-bond acceptors (Lipinski definition) is 4. The first kappa shape index (κ1) is 36.1. The van der Waals surface area contributed by atoms with E-state index in [0.717, 1.165) is 25.7 Å². The molecule has 0 N–H and O–H groups in total. The minimum absolute atomic E-state index is 0.0182. The van der Waals surface area contributed by atoms with Crippen molar-refractivity contribution in [3.05, 3.63) is 57.6 Å². The molecule has 40 heavy (non-hydrogen) atoms. The van der Waals surface area contributed by atoms with Gasteiger partial charge in [-0.1, -0.05) is 62.6 Å². The van der Waals surface area contributed by atoms with Gasteiger partial charge in [-0.15, -0.1) is 0 Å². The molecule has 0 unspecified atom stereocenters. The zero-order chi connectivity index (χ0) is 31.3. The van der Waals surface area contributed by atoms with Crippen molar-refractivity contribution in [3.63, 3.8) is 0 Å². The molecule has 214 valence electrons. The standard InChI is InChI=1S/C30H52B6O4/c1-18(2)11-10-12-19(3)15-27(6,7)14-13-20(4)16-28(8,9)17-22-21(5)23(37)25(39-29(31,32)33)26(24(22)38)40-30(34,35)36/h11,15-16H,10,12-14,17,31-36H2,1-9H3/b19-15+,20-16+. The summed E-state index contributed by atoms with van der Waals surface area (Å²) in [4.78, 5) is 27.3. The van der Waals surface area contributed by atoms with Crippen LogP contribution in [0.5, 0.6) is 0 Å². The smallest absolute Gasteiger partial charge is 0.227 e. The Labute approximate surface area is 250 Å². The molecule has 1 rings (SSSR count). The lowest BCUT2D eigenvalue weighted by atomic mass is 9.52. The Balaban J connectivity index is 3.13. The molecule has 1 aliphatic carbocycles. The topological polar surface area (TPSA) is 52.6 Å². The van der Waals surface area contributed by atoms with E-state index in [0.29, 0.717) is 17.6 Å². The Morgan fingerprint density at radius 3 is 1.65 bits per heavy atom. The summed E-state index contributed by atoms with van der Waals surface area (Å²) >= 11 is 0. The van der Waals surface area contributed by atoms with Gasteiger partial charge >= 0.3 is 0 Å². The van der Waals surface area contributed by atoms with Gasteiger partial charge in [-0.05, 0) is 77.6 Å². The Bertz CT molecular complexity index is 1120. The summed E-state index contributed by atoms with van der Waals surface area (Å²) in [6.07, 6.45) is 11.6. The number of ketones is 2. The SMILES string of the molecule is BC(B)(B)OC1=C(OC(B)(B)B)C(=O)C(CC(C)(C)/C=C(\C)CCC(C)(C)/C=C(\C)CCC=C(C)C)=C(C)C1=O. The third kappa shape index (κ3) is 12.7. The molecular formula is C30H52B6O4. The van der Waals surface area contributed by atoms with E-state index in [1.54, 1.807) is 6.92 Å². The van der Waals surface area contributed by atoms with Crippen molar-refractivity contribution in [1.29, 1.82) is 0 Å². The van der Waals surface area contributed by atoms with Crippen molar-refractivity contribution in [1.82, 2.24) is 0 Å². The van der Waals surface area contributed by atoms with Crippen molar-refractivity contribution in [2.75, 3.05) is 0 Å². The molecule has 0 radical (unpaired) electrons. The molecule has 0 fully saturated rings. The molecule has 4 nitrogen and oxygen atoms in total. The summed E-state index contributed by atoms with van der Waals surface area (Å²) in [7, 11) is 11.2. The van der Waals surface area contributed by atoms with Crippen LogP contribution in [0.1, 0.15) is 94.4 Å². The molecular weight excluding hydrogens is 489 g/mol. The van der Waals surface area contributed by atoms with Gasteiger partial charge in [-0.25, -0.2) is 0 Å². The van der Waals surface area contributed by atoms with Gasteiger partial charge in [0.2, 0.25) is 23.1 Å². The van der Waals surface area contributed by atoms with E-state index in [4.69, 9.17) is 9.47 Å². The lowest BCUT2D eigenvalue weighted by Crippen LogP contribution is -2.41. The highest BCUT2D eigenvalue weighted by Crippen LogP contribution is 2.37. The third-order valence-corrected chi connectivity index (χ3v) is 6.66. The zero-order valence-electron chi connectivity index (χ0n) is 28.4. The lowest BCUT2D eigenvalue weighted by Gasteiger charge is -2.33. The number of carbonyl (C=O) groups is 2. The van der Waals surface area contributed by atoms with Gasteiger partial charge in [0.15, 0.2) is 0 Å². The number of rotatable bonds is 14. The molecule has 0 atom stereocenters. The van der Waals surface area contributed by atoms with Gasteiger partial charge < -0.3 is 9.47 Å². The molecule has 0 aromatic rings. The normalized spacial score (nSPS) is 16.4. The Kier molecular flexibility index (Phi) is 12.4. The average molecular weight is 542 g/mol. The third-order valence-electron chi connectivity index (χ3n) is 6.66. The quantitative estimate of drug-likeness (QED) is 0.191. The van der Waals surface area contributed by atoms with Crippen molar-refractivity contribution < 1.29 is 19.1 Å². The van der Waals surface area contributed by atoms with Crippen molar-refractivity contribution in [2.45, 2.75) is 105 Å². The van der Waals surface area contributed by atoms with E-state index in [1.807, 2.05) is 47.1 Å². The Morgan fingerprint density at radius 1 is 0.725 bits per heavy atom. The minimum atomic E-state index is -0.647. The Morgan fingerprint density at radius 2 is 1.18 bits per heavy atom. The van der Waals surface area contributed by atoms with E-state index >= 15 is 0 Å². The fraction of sp³-hybridized carbons (Fsp3) is 0.600. The second kappa shape index (κ2) is 13.8. The summed E-state index contributed by atoms with van der Waals surface area (Å²) in [5.41, 5.74) is 4.84. The second-order valence-electron chi connectivity index (χ2n) is 15.3. The highest BCUT2D eigenvalue weighted by Gasteiger charge is 2.40. The molecule has 0 heterocycles. The first-order valence-corrected chi connectivity index (χ1v) is 14.8. The first-order valence-electron chi connectivity index (χ1n) is 14.8. The highest BCUT2D eigenvalue weighted by molar-refractivity contribution is 6.59. The van der Waals surface area contributed by atoms with Crippen LogP contribution >= 0.6 is 0 Å². The fourth-order valence-corrected chi connectivity index (χ4v) is 5.00. The summed E-state index contributed by atoms with van der Waals surface area (Å²) in [6, 6.07) is 0. The van der Waals surface area contributed by atoms with Gasteiger partial charge in [0.25, 0.3) is 0 Å². The number of allylic oxidation sites excluding steroid dienone is 8. The molecule has 0 bridgehead atoms. The van der Waals surface area contributed by atoms with Gasteiger partial charge in [-0.2, -0.15) is 0 Å². The molecule has 10 heteroatoms. The molecule has 0 spiro atoms. The van der Waals surface area contributed by atoms with Gasteiger partial charge in [0.1, 0.15) is 47.1 Å². The van der Waals surface area contributed by atoms with Crippen LogP contribution in [-0.2, 0) is 19.1 Å². The molecule has 0 aromatic heterocycles. The summed E-state index contributed by atoms with van der Waals surface area (Å²) in [6.45, 7) is 19.3. The van der Waals surface area contributed by atoms with Crippen LogP contribution in [-0.4, -0.2) is 69.2 Å². The summed E-state index contributed by atoms with van der Waals surface area (Å²) < 4.78 is 12.1. The van der Waals surface area contributed by atoms with Crippen LogP contribution in [0.15, 0.2) is 57.6 Å². The number of carbonyl (C=O) groups excluding carboxylic acids is 2. The molecule has 0 saturated heterocycles. The maximum Gasteiger partial charge on any atom is 0.227 e. The van der Waals surface area contributed by atoms with Crippen LogP contribution in [0.2, 0.25) is 0 Å². The van der Waals surface area contributed by atoms with Crippen LogP contribution in [0.4, 0.5) is 0 Å². The van der Waals surface area contributed by atoms with E-state index in [1.165, 1.54) is 16.7 Å². The number of hydrogen-bond donors (Lipinski definition) is 0. The summed E-state index contributed by atoms with van der Waals surface area (Å²) in [5, 5.41) is -1.28. The van der Waals surface area contributed by atoms with Crippen LogP contribution in [0.3, 0.4) is 0 Å². The molecule has 1 aliphatic rings. The molecule has 0 aliphatic heterocycles. The largest absolute Gasteiger partial charge is 0.507 e. The maximum atomic E-state index is 13.8. The van der Waals surface area contributed by atoms with E-state index in [-0.39, 0.29) is 33.9 Å². The van der Waals surface area contributed by atoms with E-state index in [9.17, 15) is 9.59 Å². The van der Waals surface area contributed by atoms with Crippen LogP contribution in [0, 0.1) is 10.8 Å². The predicted octanol–water partition coefficient (Wildman–Crippen LogP) is 1.58. The Hall–Kier alpha value is -1.97. The predicted molar refractivity (Wildman–Crippen MR) is 186 cm³/mol. The van der Waals surface area contributed by atoms with Crippen LogP contribution in [0.25, 0.3) is 0 Å². The van der Waals surface area contributed by atoms with E-state index in [2.05, 4.69) is 73.6 Å². The van der Waals surface area contributed by atoms with Gasteiger partial charge in [0, 0.05) is 21.7 Å². The van der Waals surface area contributed by atoms with Gasteiger partial charge in [-0.3, -0.25) is 9.59 Å². The summed E-state index contributed by atoms with van der Waals surface area (Å²) in [5.74, 6) is -0.475. The van der Waals surface area contributed by atoms with Gasteiger partial charge in [0.05, 0.1) is 0 Å². The fourth-order valence-electron chi connectivity index (χ4n) is 5.00. The maximum absolute atomic E-state index is 13.8. The molecule has 0 amide bonds. The lowest BCUT2D eigenvalue weighted by molar-refractivity contribution is -0.122. The minimum Gasteiger partial charge on any atom is -0.507 e. The van der Waals surface area contributed by atoms with Crippen molar-refractivity contribution in [3.8, 4) is 0 Å². The molecule has 0 saturated carbocycles. The zero-order valence-corrected chi connectivity index (χ0v) is 28.4. The number of Topliss-reactive ketones (excluding diaryl/α,β-unsaturated/α-hetero) is 2. The monoisotopic (exact) mass is 542 g/mol. The first-order chi connectivity index (χ1) is 17.9. The van der Waals surface area contributed by atoms with Crippen LogP contribution < -0.4 is 0 Å². The highest BCUT2D eigenvalue weighted by atomic mass is 16.5. The van der Waals surface area contributed by atoms with Crippen molar-refractivity contribution in [2.24, 2.45) is 10.8 Å². The second-order valence-corrected chi connectivity index (χ2v) is 15.3. The van der Waals surface area contributed by atoms with E-state index < -0.39 is 10.6 Å². The van der Waals surface area contributed by atoms with Crippen molar-refractivity contribution >= 4 is 58.6 Å². The molecule has 0 aromatic carbocycles.